The predicted octanol–water partition coefficient (Wildman–Crippen LogP) is 4.35. The summed E-state index contributed by atoms with van der Waals surface area (Å²) in [4.78, 5) is 0. The smallest absolute Gasteiger partial charge is 0.213 e. The van der Waals surface area contributed by atoms with Gasteiger partial charge in [0.15, 0.2) is 5.82 Å². The first kappa shape index (κ1) is 16.2. The minimum Gasteiger partial charge on any atom is -0.496 e. The standard InChI is InChI=1S/C18H15ClN4OS/c1-11-16(14-5-3-4-6-15(14)24-2)22-23-17(20-21-18(23)25-11)12-7-9-13(19)10-8-12/h3-11H,1-2H3/t11-/m1/s1. The Balaban J connectivity index is 1.84. The minimum absolute atomic E-state index is 0.145. The number of hydrogen-bond acceptors (Lipinski definition) is 5. The first-order valence-corrected chi connectivity index (χ1v) is 9.03. The topological polar surface area (TPSA) is 52.3 Å². The lowest BCUT2D eigenvalue weighted by atomic mass is 10.1. The van der Waals surface area contributed by atoms with Crippen LogP contribution in [0.5, 0.6) is 5.75 Å². The first-order chi connectivity index (χ1) is 12.2. The molecule has 4 rings (SSSR count). The molecule has 1 aromatic heterocycles. The highest BCUT2D eigenvalue weighted by atomic mass is 35.5. The molecule has 0 unspecified atom stereocenters. The Labute approximate surface area is 154 Å². The molecule has 126 valence electrons. The minimum atomic E-state index is 0.145. The van der Waals surface area contributed by atoms with Gasteiger partial charge in [0.05, 0.1) is 18.1 Å². The summed E-state index contributed by atoms with van der Waals surface area (Å²) >= 11 is 7.61. The van der Waals surface area contributed by atoms with Gasteiger partial charge in [0, 0.05) is 16.1 Å². The lowest BCUT2D eigenvalue weighted by Gasteiger charge is -2.21. The highest BCUT2D eigenvalue weighted by Crippen LogP contribution is 2.34. The lowest BCUT2D eigenvalue weighted by Crippen LogP contribution is -2.22. The van der Waals surface area contributed by atoms with Gasteiger partial charge in [0.2, 0.25) is 5.16 Å². The third-order valence-corrected chi connectivity index (χ3v) is 5.27. The molecule has 2 aromatic carbocycles. The summed E-state index contributed by atoms with van der Waals surface area (Å²) < 4.78 is 7.29. The average Bonchev–Trinajstić information content (AvgIpc) is 3.04. The zero-order valence-electron chi connectivity index (χ0n) is 13.7. The zero-order valence-corrected chi connectivity index (χ0v) is 15.3. The maximum absolute atomic E-state index is 5.98. The Bertz CT molecular complexity index is 952. The van der Waals surface area contributed by atoms with E-state index < -0.39 is 0 Å². The first-order valence-electron chi connectivity index (χ1n) is 7.77. The van der Waals surface area contributed by atoms with E-state index in [0.717, 1.165) is 27.7 Å². The van der Waals surface area contributed by atoms with E-state index in [2.05, 4.69) is 17.1 Å². The van der Waals surface area contributed by atoms with Crippen LogP contribution in [0.1, 0.15) is 12.5 Å². The van der Waals surface area contributed by atoms with E-state index in [1.807, 2.05) is 48.5 Å². The summed E-state index contributed by atoms with van der Waals surface area (Å²) in [5.41, 5.74) is 2.83. The fourth-order valence-electron chi connectivity index (χ4n) is 2.74. The number of aromatic nitrogens is 3. The van der Waals surface area contributed by atoms with Crippen molar-refractivity contribution in [2.24, 2.45) is 5.10 Å². The molecule has 0 N–H and O–H groups in total. The van der Waals surface area contributed by atoms with E-state index in [0.29, 0.717) is 10.8 Å². The van der Waals surface area contributed by atoms with E-state index in [4.69, 9.17) is 21.4 Å². The van der Waals surface area contributed by atoms with Gasteiger partial charge in [-0.3, -0.25) is 0 Å². The van der Waals surface area contributed by atoms with Crippen molar-refractivity contribution < 1.29 is 4.74 Å². The molecule has 1 aliphatic heterocycles. The van der Waals surface area contributed by atoms with Crippen molar-refractivity contribution in [3.05, 3.63) is 59.1 Å². The molecule has 1 atom stereocenters. The normalized spacial score (nSPS) is 16.3. The molecule has 0 amide bonds. The number of ether oxygens (including phenoxy) is 1. The Kier molecular flexibility index (Phi) is 4.23. The number of hydrogen-bond donors (Lipinski definition) is 0. The van der Waals surface area contributed by atoms with Crippen LogP contribution >= 0.6 is 23.4 Å². The molecule has 0 saturated carbocycles. The summed E-state index contributed by atoms with van der Waals surface area (Å²) in [6.45, 7) is 2.11. The summed E-state index contributed by atoms with van der Waals surface area (Å²) in [5, 5.41) is 15.0. The molecule has 0 saturated heterocycles. The van der Waals surface area contributed by atoms with Crippen LogP contribution < -0.4 is 4.74 Å². The number of benzene rings is 2. The molecule has 5 nitrogen and oxygen atoms in total. The van der Waals surface area contributed by atoms with Gasteiger partial charge in [0.25, 0.3) is 0 Å². The molecular formula is C18H15ClN4OS. The molecule has 3 aromatic rings. The summed E-state index contributed by atoms with van der Waals surface area (Å²) in [6, 6.07) is 15.4. The van der Waals surface area contributed by atoms with Crippen LogP contribution in [0.25, 0.3) is 11.4 Å². The van der Waals surface area contributed by atoms with E-state index in [1.54, 1.807) is 23.5 Å². The van der Waals surface area contributed by atoms with Crippen molar-refractivity contribution in [2.45, 2.75) is 17.3 Å². The van der Waals surface area contributed by atoms with E-state index in [1.165, 1.54) is 0 Å². The quantitative estimate of drug-likeness (QED) is 0.687. The van der Waals surface area contributed by atoms with Crippen molar-refractivity contribution >= 4 is 29.1 Å². The highest BCUT2D eigenvalue weighted by Gasteiger charge is 2.27. The molecule has 0 spiro atoms. The lowest BCUT2D eigenvalue weighted by molar-refractivity contribution is 0.414. The van der Waals surface area contributed by atoms with Crippen LogP contribution in [0, 0.1) is 0 Å². The molecule has 25 heavy (non-hydrogen) atoms. The number of para-hydroxylation sites is 1. The molecule has 0 radical (unpaired) electrons. The summed E-state index contributed by atoms with van der Waals surface area (Å²) in [7, 11) is 1.67. The van der Waals surface area contributed by atoms with Crippen molar-refractivity contribution in [2.75, 3.05) is 7.11 Å². The summed E-state index contributed by atoms with van der Waals surface area (Å²) in [6.07, 6.45) is 0. The Hall–Kier alpha value is -2.31. The number of rotatable bonds is 3. The fraction of sp³-hybridized carbons (Fsp3) is 0.167. The van der Waals surface area contributed by atoms with Crippen molar-refractivity contribution in [3.8, 4) is 17.1 Å². The fourth-order valence-corrected chi connectivity index (χ4v) is 3.78. The number of thioether (sulfide) groups is 1. The average molecular weight is 371 g/mol. The number of halogens is 1. The van der Waals surface area contributed by atoms with Gasteiger partial charge in [-0.25, -0.2) is 0 Å². The van der Waals surface area contributed by atoms with Gasteiger partial charge >= 0.3 is 0 Å². The maximum Gasteiger partial charge on any atom is 0.213 e. The number of nitrogens with zero attached hydrogens (tertiary/aromatic N) is 4. The van der Waals surface area contributed by atoms with Crippen LogP contribution in [0.3, 0.4) is 0 Å². The molecule has 2 heterocycles. The third kappa shape index (κ3) is 2.92. The van der Waals surface area contributed by atoms with Gasteiger partial charge < -0.3 is 4.74 Å². The van der Waals surface area contributed by atoms with Gasteiger partial charge in [-0.05, 0) is 43.3 Å². The molecule has 0 fully saturated rings. The Morgan fingerprint density at radius 1 is 1.08 bits per heavy atom. The second-order valence-electron chi connectivity index (χ2n) is 5.57. The second-order valence-corrected chi connectivity index (χ2v) is 7.31. The van der Waals surface area contributed by atoms with Gasteiger partial charge in [0.1, 0.15) is 5.75 Å². The highest BCUT2D eigenvalue weighted by molar-refractivity contribution is 8.00. The molecule has 7 heteroatoms. The van der Waals surface area contributed by atoms with Crippen molar-refractivity contribution in [1.29, 1.82) is 0 Å². The molecule has 0 bridgehead atoms. The van der Waals surface area contributed by atoms with Crippen LogP contribution in [0.2, 0.25) is 5.02 Å². The third-order valence-electron chi connectivity index (χ3n) is 3.97. The SMILES string of the molecule is COc1ccccc1C1=Nn2c(nnc2-c2ccc(Cl)cc2)S[C@@H]1C. The monoisotopic (exact) mass is 370 g/mol. The molecule has 1 aliphatic rings. The largest absolute Gasteiger partial charge is 0.496 e. The van der Waals surface area contributed by atoms with Crippen LogP contribution in [-0.2, 0) is 0 Å². The van der Waals surface area contributed by atoms with E-state index >= 15 is 0 Å². The van der Waals surface area contributed by atoms with Crippen molar-refractivity contribution in [3.63, 3.8) is 0 Å². The number of methoxy groups -OCH3 is 1. The van der Waals surface area contributed by atoms with Gasteiger partial charge in [-0.1, -0.05) is 35.5 Å². The zero-order chi connectivity index (χ0) is 17.4. The van der Waals surface area contributed by atoms with Crippen LogP contribution in [0.4, 0.5) is 0 Å². The van der Waals surface area contributed by atoms with Crippen LogP contribution in [0.15, 0.2) is 58.8 Å². The maximum atomic E-state index is 5.98. The van der Waals surface area contributed by atoms with E-state index in [9.17, 15) is 0 Å². The Morgan fingerprint density at radius 2 is 1.84 bits per heavy atom. The van der Waals surface area contributed by atoms with E-state index in [-0.39, 0.29) is 5.25 Å². The van der Waals surface area contributed by atoms with Gasteiger partial charge in [-0.2, -0.15) is 9.78 Å². The van der Waals surface area contributed by atoms with Crippen LogP contribution in [-0.4, -0.2) is 32.9 Å². The van der Waals surface area contributed by atoms with Crippen molar-refractivity contribution in [1.82, 2.24) is 14.9 Å². The number of fused-ring (bicyclic) bond motifs is 1. The molecular weight excluding hydrogens is 356 g/mol. The molecule has 0 aliphatic carbocycles. The second kappa shape index (κ2) is 6.54. The predicted molar refractivity (Wildman–Crippen MR) is 101 cm³/mol. The summed E-state index contributed by atoms with van der Waals surface area (Å²) in [5.74, 6) is 1.50. The van der Waals surface area contributed by atoms with Gasteiger partial charge in [-0.15, -0.1) is 10.2 Å². The Morgan fingerprint density at radius 3 is 2.60 bits per heavy atom.